The van der Waals surface area contributed by atoms with Gasteiger partial charge >= 0.3 is 12.1 Å². The van der Waals surface area contributed by atoms with Crippen molar-refractivity contribution in [3.05, 3.63) is 12.2 Å². The summed E-state index contributed by atoms with van der Waals surface area (Å²) in [6.07, 6.45) is 3.20. The molecular formula is C25H44N2O6. The molecular weight excluding hydrogens is 424 g/mol. The Labute approximate surface area is 199 Å². The molecule has 0 radical (unpaired) electrons. The van der Waals surface area contributed by atoms with E-state index in [1.165, 1.54) is 11.8 Å². The van der Waals surface area contributed by atoms with E-state index in [1.54, 1.807) is 48.7 Å². The summed E-state index contributed by atoms with van der Waals surface area (Å²) in [5.41, 5.74) is -1.48. The first-order chi connectivity index (χ1) is 15.0. The lowest BCUT2D eigenvalue weighted by molar-refractivity contribution is -0.160. The van der Waals surface area contributed by atoms with Crippen LogP contribution in [0.3, 0.4) is 0 Å². The number of nitrogens with one attached hydrogen (secondary N) is 1. The van der Waals surface area contributed by atoms with E-state index in [9.17, 15) is 14.4 Å². The van der Waals surface area contributed by atoms with Gasteiger partial charge in [0.1, 0.15) is 17.2 Å². The topological polar surface area (TPSA) is 94.2 Å². The van der Waals surface area contributed by atoms with Gasteiger partial charge in [-0.15, -0.1) is 0 Å². The van der Waals surface area contributed by atoms with Gasteiger partial charge in [0.05, 0.1) is 18.2 Å². The molecule has 0 aromatic carbocycles. The van der Waals surface area contributed by atoms with Crippen molar-refractivity contribution in [1.29, 1.82) is 0 Å². The number of carbonyl (C=O) groups excluding carboxylic acids is 3. The third kappa shape index (κ3) is 8.32. The van der Waals surface area contributed by atoms with Gasteiger partial charge in [-0.2, -0.15) is 0 Å². The quantitative estimate of drug-likeness (QED) is 0.447. The van der Waals surface area contributed by atoms with Gasteiger partial charge in [-0.05, 0) is 60.8 Å². The number of rotatable bonds is 7. The molecule has 1 N–H and O–H groups in total. The van der Waals surface area contributed by atoms with E-state index in [-0.39, 0.29) is 17.7 Å². The Hall–Kier alpha value is -2.09. The summed E-state index contributed by atoms with van der Waals surface area (Å²) in [5, 5.41) is 3.00. The van der Waals surface area contributed by atoms with Crippen LogP contribution in [0.2, 0.25) is 0 Å². The van der Waals surface area contributed by atoms with Crippen molar-refractivity contribution in [3.63, 3.8) is 0 Å². The second-order valence-corrected chi connectivity index (χ2v) is 11.0. The van der Waals surface area contributed by atoms with Crippen LogP contribution in [-0.2, 0) is 23.8 Å². The van der Waals surface area contributed by atoms with E-state index < -0.39 is 47.5 Å². The van der Waals surface area contributed by atoms with E-state index in [2.05, 4.69) is 5.32 Å². The molecule has 2 amide bonds. The molecule has 0 bridgehead atoms. The molecule has 0 unspecified atom stereocenters. The first-order valence-electron chi connectivity index (χ1n) is 11.7. The Morgan fingerprint density at radius 3 is 1.97 bits per heavy atom. The largest absolute Gasteiger partial charge is 0.458 e. The van der Waals surface area contributed by atoms with Crippen molar-refractivity contribution >= 4 is 18.0 Å². The van der Waals surface area contributed by atoms with Crippen LogP contribution in [0.5, 0.6) is 0 Å². The highest BCUT2D eigenvalue weighted by Crippen LogP contribution is 2.38. The fourth-order valence-electron chi connectivity index (χ4n) is 4.38. The molecule has 1 fully saturated rings. The predicted octanol–water partition coefficient (Wildman–Crippen LogP) is 4.07. The molecule has 0 aliphatic carbocycles. The summed E-state index contributed by atoms with van der Waals surface area (Å²) in [7, 11) is 1.59. The molecule has 1 saturated heterocycles. The minimum absolute atomic E-state index is 0.0409. The fourth-order valence-corrected chi connectivity index (χ4v) is 4.38. The molecule has 33 heavy (non-hydrogen) atoms. The van der Waals surface area contributed by atoms with Crippen LogP contribution in [0, 0.1) is 11.8 Å². The third-order valence-electron chi connectivity index (χ3n) is 5.33. The molecule has 0 spiro atoms. The number of methoxy groups -OCH3 is 1. The van der Waals surface area contributed by atoms with Gasteiger partial charge in [-0.1, -0.05) is 26.0 Å². The number of likely N-dealkylation sites (tertiary alicyclic amines) is 1. The lowest BCUT2D eigenvalue weighted by Crippen LogP contribution is -2.61. The van der Waals surface area contributed by atoms with E-state index in [4.69, 9.17) is 14.2 Å². The van der Waals surface area contributed by atoms with Crippen LogP contribution in [-0.4, -0.2) is 65.4 Å². The normalized spacial score (nSPS) is 23.5. The number of carbonyl (C=O) groups is 3. The van der Waals surface area contributed by atoms with Crippen molar-refractivity contribution in [2.75, 3.05) is 7.11 Å². The van der Waals surface area contributed by atoms with Crippen molar-refractivity contribution in [3.8, 4) is 0 Å². The molecule has 0 aromatic heterocycles. The summed E-state index contributed by atoms with van der Waals surface area (Å²) in [5.74, 6) is -0.912. The lowest BCUT2D eigenvalue weighted by Gasteiger charge is -2.41. The maximum atomic E-state index is 13.5. The molecule has 1 rings (SSSR count). The van der Waals surface area contributed by atoms with Crippen LogP contribution >= 0.6 is 0 Å². The van der Waals surface area contributed by atoms with Crippen molar-refractivity contribution in [2.45, 2.75) is 111 Å². The maximum absolute atomic E-state index is 13.5. The molecule has 1 aliphatic rings. The lowest BCUT2D eigenvalue weighted by atomic mass is 9.86. The van der Waals surface area contributed by atoms with Gasteiger partial charge in [0.2, 0.25) is 5.91 Å². The Bertz CT molecular complexity index is 719. The molecule has 190 valence electrons. The van der Waals surface area contributed by atoms with E-state index >= 15 is 0 Å². The Balaban J connectivity index is 3.65. The number of esters is 1. The zero-order valence-electron chi connectivity index (χ0n) is 22.2. The average molecular weight is 469 g/mol. The van der Waals surface area contributed by atoms with Gasteiger partial charge in [0, 0.05) is 20.0 Å². The van der Waals surface area contributed by atoms with Crippen molar-refractivity contribution < 1.29 is 28.6 Å². The Morgan fingerprint density at radius 2 is 1.58 bits per heavy atom. The van der Waals surface area contributed by atoms with Crippen molar-refractivity contribution in [2.24, 2.45) is 11.8 Å². The smallest absolute Gasteiger partial charge is 0.411 e. The van der Waals surface area contributed by atoms with Crippen molar-refractivity contribution in [1.82, 2.24) is 10.2 Å². The second kappa shape index (κ2) is 11.4. The predicted molar refractivity (Wildman–Crippen MR) is 128 cm³/mol. The molecule has 1 aliphatic heterocycles. The van der Waals surface area contributed by atoms with E-state index in [1.807, 2.05) is 32.9 Å². The maximum Gasteiger partial charge on any atom is 0.411 e. The number of nitrogens with zero attached hydrogens (tertiary/aromatic N) is 1. The second-order valence-electron chi connectivity index (χ2n) is 11.0. The Morgan fingerprint density at radius 1 is 1.03 bits per heavy atom. The van der Waals surface area contributed by atoms with Gasteiger partial charge < -0.3 is 19.5 Å². The van der Waals surface area contributed by atoms with Gasteiger partial charge in [0.25, 0.3) is 0 Å². The molecule has 8 heteroatoms. The summed E-state index contributed by atoms with van der Waals surface area (Å²) in [6, 6.07) is -1.98. The molecule has 0 aromatic rings. The SMILES string of the molecule is CC=C[C@@H]1C[C@@H](C(=O)OC(C)(C)C)N(C(=O)OC(C)(C)C)[C@H]1[C@@H](NC(C)=O)[C@H](OC)C(C)C. The minimum atomic E-state index is -0.855. The minimum Gasteiger partial charge on any atom is -0.458 e. The van der Waals surface area contributed by atoms with Crippen LogP contribution in [0.4, 0.5) is 4.79 Å². The first-order valence-corrected chi connectivity index (χ1v) is 11.7. The summed E-state index contributed by atoms with van der Waals surface area (Å²) in [6.45, 7) is 18.0. The van der Waals surface area contributed by atoms with Crippen LogP contribution < -0.4 is 5.32 Å². The highest BCUT2D eigenvalue weighted by Gasteiger charge is 2.53. The van der Waals surface area contributed by atoms with E-state index in [0.29, 0.717) is 6.42 Å². The summed E-state index contributed by atoms with van der Waals surface area (Å²) < 4.78 is 17.2. The summed E-state index contributed by atoms with van der Waals surface area (Å²) >= 11 is 0. The average Bonchev–Trinajstić information content (AvgIpc) is 2.97. The number of hydrogen-bond acceptors (Lipinski definition) is 6. The number of amides is 2. The number of allylic oxidation sites excluding steroid dienone is 1. The highest BCUT2D eigenvalue weighted by atomic mass is 16.6. The standard InChI is InChI=1S/C25H44N2O6/c1-12-13-17-14-18(22(29)32-24(5,6)7)27(23(30)33-25(8,9)10)20(17)19(26-16(4)28)21(31-11)15(2)3/h12-13,15,17-21H,14H2,1-11H3,(H,26,28)/t17-,18+,19-,20-,21-/m1/s1. The summed E-state index contributed by atoms with van der Waals surface area (Å²) in [4.78, 5) is 40.4. The van der Waals surface area contributed by atoms with Gasteiger partial charge in [0.15, 0.2) is 0 Å². The number of hydrogen-bond donors (Lipinski definition) is 1. The van der Waals surface area contributed by atoms with Gasteiger partial charge in [-0.25, -0.2) is 9.59 Å². The molecule has 8 nitrogen and oxygen atoms in total. The molecule has 1 heterocycles. The first kappa shape index (κ1) is 28.9. The zero-order valence-corrected chi connectivity index (χ0v) is 22.2. The zero-order chi connectivity index (χ0) is 25.7. The third-order valence-corrected chi connectivity index (χ3v) is 5.33. The monoisotopic (exact) mass is 468 g/mol. The van der Waals surface area contributed by atoms with Gasteiger partial charge in [-0.3, -0.25) is 9.69 Å². The van der Waals surface area contributed by atoms with Crippen LogP contribution in [0.25, 0.3) is 0 Å². The van der Waals surface area contributed by atoms with Crippen LogP contribution in [0.1, 0.15) is 75.7 Å². The Kier molecular flexibility index (Phi) is 9.96. The molecule has 5 atom stereocenters. The number of ether oxygens (including phenoxy) is 3. The molecule has 0 saturated carbocycles. The highest BCUT2D eigenvalue weighted by molar-refractivity contribution is 5.83. The fraction of sp³-hybridized carbons (Fsp3) is 0.800. The van der Waals surface area contributed by atoms with Crippen LogP contribution in [0.15, 0.2) is 12.2 Å². The van der Waals surface area contributed by atoms with E-state index in [0.717, 1.165) is 0 Å².